The van der Waals surface area contributed by atoms with Crippen LogP contribution in [0.4, 0.5) is 0 Å². The van der Waals surface area contributed by atoms with Crippen LogP contribution in [-0.4, -0.2) is 71.7 Å². The first-order valence-corrected chi connectivity index (χ1v) is 8.77. The topological polar surface area (TPSA) is 151 Å². The normalized spacial score (nSPS) is 12.8. The second kappa shape index (κ2) is 12.0. The first-order valence-electron chi connectivity index (χ1n) is 6.74. The van der Waals surface area contributed by atoms with Crippen LogP contribution in [0.5, 0.6) is 0 Å². The Balaban J connectivity index is 4.73. The average molecular weight is 366 g/mol. The number of thioether (sulfide) groups is 1. The number of carboxylic acids is 1. The highest BCUT2D eigenvalue weighted by Gasteiger charge is 2.25. The van der Waals surface area contributed by atoms with Crippen molar-refractivity contribution in [1.82, 2.24) is 16.0 Å². The fraction of sp³-hybridized carbons (Fsp3) is 0.667. The van der Waals surface area contributed by atoms with Gasteiger partial charge >= 0.3 is 5.97 Å². The Morgan fingerprint density at radius 3 is 2.30 bits per heavy atom. The molecule has 0 aliphatic carbocycles. The van der Waals surface area contributed by atoms with Crippen molar-refractivity contribution >= 4 is 48.1 Å². The zero-order valence-corrected chi connectivity index (χ0v) is 14.4. The van der Waals surface area contributed by atoms with Gasteiger partial charge in [-0.1, -0.05) is 0 Å². The number of hydrogen-bond donors (Lipinski definition) is 6. The van der Waals surface area contributed by atoms with E-state index in [0.29, 0.717) is 12.2 Å². The Bertz CT molecular complexity index is 436. The number of carbonyl (C=O) groups excluding carboxylic acids is 3. The predicted octanol–water partition coefficient (Wildman–Crippen LogP) is -2.20. The molecule has 0 fully saturated rings. The molecule has 6 N–H and O–H groups in total. The van der Waals surface area contributed by atoms with E-state index in [1.165, 1.54) is 11.8 Å². The fourth-order valence-corrected chi connectivity index (χ4v) is 2.24. The lowest BCUT2D eigenvalue weighted by Crippen LogP contribution is -2.55. The van der Waals surface area contributed by atoms with Gasteiger partial charge in [0.05, 0.1) is 6.54 Å². The third kappa shape index (κ3) is 9.31. The molecule has 3 amide bonds. The molecular weight excluding hydrogens is 344 g/mol. The summed E-state index contributed by atoms with van der Waals surface area (Å²) in [5.74, 6) is -2.29. The van der Waals surface area contributed by atoms with Gasteiger partial charge in [-0.25, -0.2) is 0 Å². The highest BCUT2D eigenvalue weighted by Crippen LogP contribution is 2.02. The number of hydrogen-bond acceptors (Lipinski definition) is 7. The minimum absolute atomic E-state index is 0.0166. The number of aliphatic carboxylic acids is 1. The molecule has 0 rings (SSSR count). The number of nitrogens with one attached hydrogen (secondary N) is 3. The van der Waals surface area contributed by atoms with Gasteiger partial charge in [-0.15, -0.1) is 0 Å². The van der Waals surface area contributed by atoms with Crippen LogP contribution in [0.15, 0.2) is 0 Å². The van der Waals surface area contributed by atoms with Crippen LogP contribution in [0.3, 0.4) is 0 Å². The summed E-state index contributed by atoms with van der Waals surface area (Å²) in [4.78, 5) is 45.8. The SMILES string of the molecule is CSCCC(NC(=O)CN)C(=O)NC(CS)C(=O)NCC(=O)O. The molecule has 2 atom stereocenters. The summed E-state index contributed by atoms with van der Waals surface area (Å²) >= 11 is 5.47. The van der Waals surface area contributed by atoms with Crippen molar-refractivity contribution in [1.29, 1.82) is 0 Å². The second-order valence-electron chi connectivity index (χ2n) is 4.46. The van der Waals surface area contributed by atoms with Gasteiger partial charge in [-0.2, -0.15) is 24.4 Å². The maximum Gasteiger partial charge on any atom is 0.322 e. The molecule has 0 aliphatic heterocycles. The molecule has 0 aliphatic rings. The Hall–Kier alpha value is -1.46. The van der Waals surface area contributed by atoms with Crippen molar-refractivity contribution in [3.05, 3.63) is 0 Å². The van der Waals surface area contributed by atoms with Crippen LogP contribution in [0, 0.1) is 0 Å². The van der Waals surface area contributed by atoms with Gasteiger partial charge in [0.2, 0.25) is 17.7 Å². The zero-order valence-electron chi connectivity index (χ0n) is 12.7. The van der Waals surface area contributed by atoms with Crippen LogP contribution in [0.25, 0.3) is 0 Å². The summed E-state index contributed by atoms with van der Waals surface area (Å²) < 4.78 is 0. The highest BCUT2D eigenvalue weighted by molar-refractivity contribution is 7.98. The molecule has 0 bridgehead atoms. The zero-order chi connectivity index (χ0) is 17.8. The Labute approximate surface area is 143 Å². The molecule has 0 aromatic carbocycles. The Morgan fingerprint density at radius 2 is 1.83 bits per heavy atom. The fourth-order valence-electron chi connectivity index (χ4n) is 1.51. The monoisotopic (exact) mass is 366 g/mol. The summed E-state index contributed by atoms with van der Waals surface area (Å²) in [7, 11) is 0. The van der Waals surface area contributed by atoms with Gasteiger partial charge in [0.15, 0.2) is 0 Å². The summed E-state index contributed by atoms with van der Waals surface area (Å²) in [6.07, 6.45) is 2.23. The van der Waals surface area contributed by atoms with Crippen LogP contribution in [-0.2, 0) is 19.2 Å². The molecule has 0 heterocycles. The van der Waals surface area contributed by atoms with Crippen molar-refractivity contribution in [2.75, 3.05) is 30.9 Å². The summed E-state index contributed by atoms with van der Waals surface area (Å²) in [6, 6.07) is -1.83. The van der Waals surface area contributed by atoms with Gasteiger partial charge in [-0.3, -0.25) is 19.2 Å². The second-order valence-corrected chi connectivity index (χ2v) is 5.81. The molecule has 2 unspecified atom stereocenters. The van der Waals surface area contributed by atoms with Crippen LogP contribution >= 0.6 is 24.4 Å². The Kier molecular flexibility index (Phi) is 11.3. The molecule has 23 heavy (non-hydrogen) atoms. The van der Waals surface area contributed by atoms with E-state index in [0.717, 1.165) is 0 Å². The number of thiol groups is 1. The van der Waals surface area contributed by atoms with Gasteiger partial charge in [0.25, 0.3) is 0 Å². The third-order valence-electron chi connectivity index (χ3n) is 2.68. The highest BCUT2D eigenvalue weighted by atomic mass is 32.2. The number of carbonyl (C=O) groups is 4. The van der Waals surface area contributed by atoms with Gasteiger partial charge in [0.1, 0.15) is 18.6 Å². The number of amides is 3. The maximum atomic E-state index is 12.2. The van der Waals surface area contributed by atoms with Crippen molar-refractivity contribution in [3.63, 3.8) is 0 Å². The summed E-state index contributed by atoms with van der Waals surface area (Å²) in [5.41, 5.74) is 5.21. The summed E-state index contributed by atoms with van der Waals surface area (Å²) in [6.45, 7) is -0.809. The van der Waals surface area contributed by atoms with E-state index in [1.54, 1.807) is 0 Å². The molecule has 0 spiro atoms. The van der Waals surface area contributed by atoms with E-state index in [-0.39, 0.29) is 12.3 Å². The first-order chi connectivity index (χ1) is 10.8. The average Bonchev–Trinajstić information content (AvgIpc) is 2.53. The van der Waals surface area contributed by atoms with E-state index >= 15 is 0 Å². The molecule has 0 radical (unpaired) electrons. The lowest BCUT2D eigenvalue weighted by Gasteiger charge is -2.21. The van der Waals surface area contributed by atoms with E-state index in [2.05, 4.69) is 28.6 Å². The molecule has 0 aromatic heterocycles. The standard InChI is InChI=1S/C12H22N4O5S2/c1-23-3-2-7(15-9(17)4-13)12(21)16-8(6-22)11(20)14-5-10(18)19/h7-8,22H,2-6,13H2,1H3,(H,14,20)(H,15,17)(H,16,21)(H,18,19). The molecule has 0 aromatic rings. The molecule has 132 valence electrons. The first kappa shape index (κ1) is 21.5. The van der Waals surface area contributed by atoms with Gasteiger partial charge in [0, 0.05) is 5.75 Å². The quantitative estimate of drug-likeness (QED) is 0.227. The third-order valence-corrected chi connectivity index (χ3v) is 3.69. The van der Waals surface area contributed by atoms with Crippen molar-refractivity contribution in [2.24, 2.45) is 5.73 Å². The molecule has 0 saturated heterocycles. The number of nitrogens with two attached hydrogens (primary N) is 1. The largest absolute Gasteiger partial charge is 0.480 e. The van der Waals surface area contributed by atoms with Gasteiger partial charge < -0.3 is 26.8 Å². The molecule has 11 heteroatoms. The van der Waals surface area contributed by atoms with E-state index in [4.69, 9.17) is 10.8 Å². The van der Waals surface area contributed by atoms with Crippen molar-refractivity contribution < 1.29 is 24.3 Å². The van der Waals surface area contributed by atoms with Gasteiger partial charge in [-0.05, 0) is 18.4 Å². The number of carboxylic acid groups (broad SMARTS) is 1. The maximum absolute atomic E-state index is 12.2. The lowest BCUT2D eigenvalue weighted by atomic mass is 10.2. The van der Waals surface area contributed by atoms with Crippen molar-refractivity contribution in [3.8, 4) is 0 Å². The Morgan fingerprint density at radius 1 is 1.17 bits per heavy atom. The van der Waals surface area contributed by atoms with Crippen LogP contribution in [0.2, 0.25) is 0 Å². The van der Waals surface area contributed by atoms with E-state index < -0.39 is 42.3 Å². The van der Waals surface area contributed by atoms with Crippen LogP contribution in [0.1, 0.15) is 6.42 Å². The smallest absolute Gasteiger partial charge is 0.322 e. The predicted molar refractivity (Wildman–Crippen MR) is 90.4 cm³/mol. The van der Waals surface area contributed by atoms with E-state index in [9.17, 15) is 19.2 Å². The minimum atomic E-state index is -1.20. The molecule has 0 saturated carbocycles. The number of rotatable bonds is 11. The molecular formula is C12H22N4O5S2. The molecule has 9 nitrogen and oxygen atoms in total. The van der Waals surface area contributed by atoms with E-state index in [1.807, 2.05) is 6.26 Å². The summed E-state index contributed by atoms with van der Waals surface area (Å²) in [5, 5.41) is 15.6. The minimum Gasteiger partial charge on any atom is -0.480 e. The lowest BCUT2D eigenvalue weighted by molar-refractivity contribution is -0.138. The van der Waals surface area contributed by atoms with Crippen LogP contribution < -0.4 is 21.7 Å². The van der Waals surface area contributed by atoms with Crippen molar-refractivity contribution in [2.45, 2.75) is 18.5 Å².